The number of anilines is 3. The molecule has 0 heterocycles. The minimum atomic E-state index is 0.418. The van der Waals surface area contributed by atoms with E-state index < -0.39 is 0 Å². The Hall–Kier alpha value is -2.18. The summed E-state index contributed by atoms with van der Waals surface area (Å²) in [7, 11) is 0. The van der Waals surface area contributed by atoms with Crippen molar-refractivity contribution < 1.29 is 0 Å². The highest BCUT2D eigenvalue weighted by Crippen LogP contribution is 2.34. The van der Waals surface area contributed by atoms with Crippen LogP contribution in [0.4, 0.5) is 17.1 Å². The molecule has 0 atom stereocenters. The highest BCUT2D eigenvalue weighted by molar-refractivity contribution is 6.33. The van der Waals surface area contributed by atoms with E-state index in [0.717, 1.165) is 11.4 Å². The summed E-state index contributed by atoms with van der Waals surface area (Å²) in [6, 6.07) is 17.5. The maximum atomic E-state index is 8.80. The standard InChI is InChI=1S/C15H14ClN3/c16-13-8-4-9-14(15(13)18)19(11-5-10-17)12-6-2-1-3-7-12/h1-4,6-9H,5,11,18H2. The number of nitrogen functional groups attached to an aromatic ring is 1. The molecule has 4 heteroatoms. The van der Waals surface area contributed by atoms with E-state index in [1.165, 1.54) is 0 Å². The summed E-state index contributed by atoms with van der Waals surface area (Å²) in [5, 5.41) is 9.32. The van der Waals surface area contributed by atoms with Gasteiger partial charge in [-0.15, -0.1) is 0 Å². The molecule has 3 nitrogen and oxygen atoms in total. The predicted molar refractivity (Wildman–Crippen MR) is 79.5 cm³/mol. The number of benzene rings is 2. The van der Waals surface area contributed by atoms with Crippen LogP contribution < -0.4 is 10.6 Å². The van der Waals surface area contributed by atoms with Crippen molar-refractivity contribution in [3.05, 3.63) is 53.6 Å². The molecule has 2 rings (SSSR count). The van der Waals surface area contributed by atoms with Gasteiger partial charge in [-0.05, 0) is 24.3 Å². The molecular formula is C15H14ClN3. The lowest BCUT2D eigenvalue weighted by atomic mass is 10.2. The zero-order valence-corrected chi connectivity index (χ0v) is 11.1. The molecule has 0 saturated heterocycles. The Bertz CT molecular complexity index is 590. The molecule has 0 fully saturated rings. The average Bonchev–Trinajstić information content (AvgIpc) is 2.45. The number of hydrogen-bond acceptors (Lipinski definition) is 3. The van der Waals surface area contributed by atoms with Gasteiger partial charge < -0.3 is 10.6 Å². The van der Waals surface area contributed by atoms with Gasteiger partial charge in [0.15, 0.2) is 0 Å². The third kappa shape index (κ3) is 2.98. The van der Waals surface area contributed by atoms with Crippen LogP contribution in [-0.2, 0) is 0 Å². The minimum Gasteiger partial charge on any atom is -0.396 e. The Labute approximate surface area is 117 Å². The van der Waals surface area contributed by atoms with Crippen molar-refractivity contribution in [2.75, 3.05) is 17.2 Å². The maximum absolute atomic E-state index is 8.80. The van der Waals surface area contributed by atoms with Gasteiger partial charge in [-0.2, -0.15) is 5.26 Å². The molecule has 96 valence electrons. The van der Waals surface area contributed by atoms with E-state index in [9.17, 15) is 0 Å². The van der Waals surface area contributed by atoms with E-state index in [-0.39, 0.29) is 0 Å². The number of para-hydroxylation sites is 2. The van der Waals surface area contributed by atoms with Crippen LogP contribution in [0.25, 0.3) is 0 Å². The van der Waals surface area contributed by atoms with Crippen LogP contribution in [0.15, 0.2) is 48.5 Å². The molecule has 0 radical (unpaired) electrons. The zero-order valence-electron chi connectivity index (χ0n) is 10.4. The topological polar surface area (TPSA) is 53.0 Å². The first kappa shape index (κ1) is 13.3. The molecule has 0 aliphatic rings. The van der Waals surface area contributed by atoms with E-state index in [4.69, 9.17) is 22.6 Å². The Kier molecular flexibility index (Phi) is 4.27. The number of halogens is 1. The van der Waals surface area contributed by atoms with Crippen molar-refractivity contribution in [3.63, 3.8) is 0 Å². The molecule has 2 aromatic carbocycles. The number of nitrogens with zero attached hydrogens (tertiary/aromatic N) is 2. The van der Waals surface area contributed by atoms with Gasteiger partial charge in [-0.1, -0.05) is 35.9 Å². The Morgan fingerprint density at radius 2 is 1.84 bits per heavy atom. The lowest BCUT2D eigenvalue weighted by Gasteiger charge is -2.25. The number of nitriles is 1. The molecule has 0 saturated carbocycles. The van der Waals surface area contributed by atoms with Crippen LogP contribution in [0.1, 0.15) is 6.42 Å². The summed E-state index contributed by atoms with van der Waals surface area (Å²) in [4.78, 5) is 2.00. The molecule has 0 aliphatic heterocycles. The van der Waals surface area contributed by atoms with E-state index in [1.807, 2.05) is 47.4 Å². The van der Waals surface area contributed by atoms with Gasteiger partial charge >= 0.3 is 0 Å². The summed E-state index contributed by atoms with van der Waals surface area (Å²) in [5.74, 6) is 0. The molecule has 2 N–H and O–H groups in total. The van der Waals surface area contributed by atoms with Gasteiger partial charge in [0.05, 0.1) is 28.9 Å². The van der Waals surface area contributed by atoms with Crippen LogP contribution in [0.2, 0.25) is 5.02 Å². The maximum Gasteiger partial charge on any atom is 0.0744 e. The highest BCUT2D eigenvalue weighted by Gasteiger charge is 2.13. The summed E-state index contributed by atoms with van der Waals surface area (Å²) in [6.45, 7) is 0.574. The molecule has 0 aliphatic carbocycles. The lowest BCUT2D eigenvalue weighted by molar-refractivity contribution is 0.949. The highest BCUT2D eigenvalue weighted by atomic mass is 35.5. The number of nitrogens with two attached hydrogens (primary N) is 1. The van der Waals surface area contributed by atoms with E-state index >= 15 is 0 Å². The third-order valence-electron chi connectivity index (χ3n) is 2.84. The van der Waals surface area contributed by atoms with Crippen molar-refractivity contribution in [2.24, 2.45) is 0 Å². The van der Waals surface area contributed by atoms with Crippen LogP contribution >= 0.6 is 11.6 Å². The Balaban J connectivity index is 2.44. The van der Waals surface area contributed by atoms with E-state index in [1.54, 1.807) is 6.07 Å². The largest absolute Gasteiger partial charge is 0.396 e. The smallest absolute Gasteiger partial charge is 0.0744 e. The summed E-state index contributed by atoms with van der Waals surface area (Å²) in [6.07, 6.45) is 0.418. The van der Waals surface area contributed by atoms with Crippen LogP contribution in [0, 0.1) is 11.3 Å². The molecule has 0 aromatic heterocycles. The molecule has 2 aromatic rings. The summed E-state index contributed by atoms with van der Waals surface area (Å²) < 4.78 is 0. The molecule has 0 unspecified atom stereocenters. The first-order valence-corrected chi connectivity index (χ1v) is 6.35. The lowest BCUT2D eigenvalue weighted by Crippen LogP contribution is -2.19. The number of hydrogen-bond donors (Lipinski definition) is 1. The van der Waals surface area contributed by atoms with Gasteiger partial charge in [0, 0.05) is 12.2 Å². The second-order valence-electron chi connectivity index (χ2n) is 4.07. The first-order valence-electron chi connectivity index (χ1n) is 5.97. The van der Waals surface area contributed by atoms with Gasteiger partial charge in [0.25, 0.3) is 0 Å². The predicted octanol–water partition coefficient (Wildman–Crippen LogP) is 3.97. The van der Waals surface area contributed by atoms with Gasteiger partial charge in [-0.3, -0.25) is 0 Å². The second-order valence-corrected chi connectivity index (χ2v) is 4.48. The van der Waals surface area contributed by atoms with E-state index in [2.05, 4.69) is 6.07 Å². The molecule has 0 spiro atoms. The van der Waals surface area contributed by atoms with Crippen molar-refractivity contribution in [1.29, 1.82) is 5.26 Å². The van der Waals surface area contributed by atoms with Crippen LogP contribution in [0.5, 0.6) is 0 Å². The molecule has 0 bridgehead atoms. The van der Waals surface area contributed by atoms with Crippen molar-refractivity contribution in [3.8, 4) is 6.07 Å². The Morgan fingerprint density at radius 3 is 2.53 bits per heavy atom. The quantitative estimate of drug-likeness (QED) is 0.856. The van der Waals surface area contributed by atoms with Gasteiger partial charge in [0.2, 0.25) is 0 Å². The molecule has 0 amide bonds. The fourth-order valence-corrected chi connectivity index (χ4v) is 2.09. The van der Waals surface area contributed by atoms with E-state index in [0.29, 0.717) is 23.7 Å². The minimum absolute atomic E-state index is 0.418. The summed E-state index contributed by atoms with van der Waals surface area (Å²) in [5.41, 5.74) is 8.39. The van der Waals surface area contributed by atoms with Crippen LogP contribution in [-0.4, -0.2) is 6.54 Å². The molecular weight excluding hydrogens is 258 g/mol. The van der Waals surface area contributed by atoms with Gasteiger partial charge in [0.1, 0.15) is 0 Å². The summed E-state index contributed by atoms with van der Waals surface area (Å²) >= 11 is 6.06. The zero-order chi connectivity index (χ0) is 13.7. The number of rotatable bonds is 4. The SMILES string of the molecule is N#CCCN(c1ccccc1)c1cccc(Cl)c1N. The average molecular weight is 272 g/mol. The first-order chi connectivity index (χ1) is 9.24. The Morgan fingerprint density at radius 1 is 1.11 bits per heavy atom. The van der Waals surface area contributed by atoms with Crippen molar-refractivity contribution in [1.82, 2.24) is 0 Å². The third-order valence-corrected chi connectivity index (χ3v) is 3.17. The fraction of sp³-hybridized carbons (Fsp3) is 0.133. The monoisotopic (exact) mass is 271 g/mol. The fourth-order valence-electron chi connectivity index (χ4n) is 1.92. The van der Waals surface area contributed by atoms with Crippen molar-refractivity contribution in [2.45, 2.75) is 6.42 Å². The van der Waals surface area contributed by atoms with Gasteiger partial charge in [-0.25, -0.2) is 0 Å². The van der Waals surface area contributed by atoms with Crippen LogP contribution in [0.3, 0.4) is 0 Å². The van der Waals surface area contributed by atoms with Crippen molar-refractivity contribution >= 4 is 28.7 Å². The second kappa shape index (κ2) is 6.12. The normalized spacial score (nSPS) is 9.89. The molecule has 19 heavy (non-hydrogen) atoms.